The van der Waals surface area contributed by atoms with Crippen molar-refractivity contribution in [3.8, 4) is 0 Å². The Hall–Kier alpha value is -1.09. The van der Waals surface area contributed by atoms with Gasteiger partial charge < -0.3 is 10.1 Å². The lowest BCUT2D eigenvalue weighted by molar-refractivity contribution is 0.114. The highest BCUT2D eigenvalue weighted by molar-refractivity contribution is 7.89. The normalized spacial score (nSPS) is 19.1. The van der Waals surface area contributed by atoms with Crippen LogP contribution in [0.3, 0.4) is 0 Å². The molecule has 1 aliphatic rings. The summed E-state index contributed by atoms with van der Waals surface area (Å²) in [5, 5.41) is 2.61. The predicted octanol–water partition coefficient (Wildman–Crippen LogP) is 1.14. The molecule has 1 heterocycles. The molecule has 0 amide bonds. The minimum Gasteiger partial charge on any atom is -0.377 e. The number of rotatable bonds is 6. The molecule has 1 atom stereocenters. The van der Waals surface area contributed by atoms with Crippen molar-refractivity contribution in [2.45, 2.75) is 30.4 Å². The van der Waals surface area contributed by atoms with Gasteiger partial charge >= 0.3 is 0 Å². The number of halogens is 2. The van der Waals surface area contributed by atoms with Crippen molar-refractivity contribution < 1.29 is 21.9 Å². The van der Waals surface area contributed by atoms with Crippen molar-refractivity contribution in [2.75, 3.05) is 20.2 Å². The molecule has 0 radical (unpaired) electrons. The van der Waals surface area contributed by atoms with E-state index in [9.17, 15) is 17.2 Å². The number of hydrogen-bond acceptors (Lipinski definition) is 4. The van der Waals surface area contributed by atoms with Crippen LogP contribution in [0.1, 0.15) is 18.4 Å². The molecule has 118 valence electrons. The molecule has 2 N–H and O–H groups in total. The number of benzene rings is 1. The summed E-state index contributed by atoms with van der Waals surface area (Å²) in [6.07, 6.45) is 1.45. The average Bonchev–Trinajstić information content (AvgIpc) is 2.94. The second-order valence-corrected chi connectivity index (χ2v) is 6.59. The lowest BCUT2D eigenvalue weighted by Gasteiger charge is -2.13. The van der Waals surface area contributed by atoms with E-state index < -0.39 is 26.6 Å². The zero-order valence-corrected chi connectivity index (χ0v) is 12.5. The van der Waals surface area contributed by atoms with Gasteiger partial charge in [-0.25, -0.2) is 21.9 Å². The Morgan fingerprint density at radius 3 is 2.76 bits per heavy atom. The monoisotopic (exact) mass is 320 g/mol. The van der Waals surface area contributed by atoms with Gasteiger partial charge in [0.25, 0.3) is 0 Å². The first-order valence-electron chi connectivity index (χ1n) is 6.68. The summed E-state index contributed by atoms with van der Waals surface area (Å²) < 4.78 is 59.6. The molecule has 8 heteroatoms. The van der Waals surface area contributed by atoms with Gasteiger partial charge in [-0.05, 0) is 32.0 Å². The van der Waals surface area contributed by atoms with Crippen LogP contribution in [0.4, 0.5) is 8.78 Å². The summed E-state index contributed by atoms with van der Waals surface area (Å²) in [5.74, 6) is -1.84. The average molecular weight is 320 g/mol. The van der Waals surface area contributed by atoms with E-state index in [-0.39, 0.29) is 24.8 Å². The fourth-order valence-electron chi connectivity index (χ4n) is 2.21. The molecule has 0 aromatic heterocycles. The van der Waals surface area contributed by atoms with Gasteiger partial charge in [-0.1, -0.05) is 0 Å². The Balaban J connectivity index is 2.20. The molecule has 0 bridgehead atoms. The maximum absolute atomic E-state index is 14.2. The highest BCUT2D eigenvalue weighted by Gasteiger charge is 2.25. The second-order valence-electron chi connectivity index (χ2n) is 4.86. The van der Waals surface area contributed by atoms with Crippen LogP contribution < -0.4 is 10.0 Å². The molecule has 1 aliphatic heterocycles. The van der Waals surface area contributed by atoms with E-state index in [0.29, 0.717) is 6.61 Å². The van der Waals surface area contributed by atoms with Crippen molar-refractivity contribution in [3.63, 3.8) is 0 Å². The molecule has 2 rings (SSSR count). The number of hydrogen-bond donors (Lipinski definition) is 2. The second kappa shape index (κ2) is 6.78. The fourth-order valence-corrected chi connectivity index (χ4v) is 3.38. The first kappa shape index (κ1) is 16.3. The quantitative estimate of drug-likeness (QED) is 0.825. The maximum Gasteiger partial charge on any atom is 0.243 e. The van der Waals surface area contributed by atoms with Gasteiger partial charge in [-0.15, -0.1) is 0 Å². The van der Waals surface area contributed by atoms with Crippen LogP contribution in [0.15, 0.2) is 17.0 Å². The van der Waals surface area contributed by atoms with Gasteiger partial charge in [-0.2, -0.15) is 0 Å². The van der Waals surface area contributed by atoms with E-state index >= 15 is 0 Å². The lowest BCUT2D eigenvalue weighted by atomic mass is 10.2. The van der Waals surface area contributed by atoms with Gasteiger partial charge in [0.15, 0.2) is 5.82 Å². The summed E-state index contributed by atoms with van der Waals surface area (Å²) in [7, 11) is -2.51. The smallest absolute Gasteiger partial charge is 0.243 e. The van der Waals surface area contributed by atoms with Crippen LogP contribution in [0.5, 0.6) is 0 Å². The summed E-state index contributed by atoms with van der Waals surface area (Å²) in [5.41, 5.74) is -0.294. The van der Waals surface area contributed by atoms with Gasteiger partial charge in [0.05, 0.1) is 6.10 Å². The highest BCUT2D eigenvalue weighted by Crippen LogP contribution is 2.21. The van der Waals surface area contributed by atoms with Crippen molar-refractivity contribution >= 4 is 10.0 Å². The Bertz CT molecular complexity index is 602. The van der Waals surface area contributed by atoms with Crippen molar-refractivity contribution in [1.82, 2.24) is 10.0 Å². The zero-order chi connectivity index (χ0) is 15.5. The summed E-state index contributed by atoms with van der Waals surface area (Å²) in [6.45, 7) is 0.594. The summed E-state index contributed by atoms with van der Waals surface area (Å²) in [6, 6.07) is 1.89. The zero-order valence-electron chi connectivity index (χ0n) is 11.7. The third-order valence-corrected chi connectivity index (χ3v) is 4.76. The molecule has 0 saturated carbocycles. The number of ether oxygens (including phenoxy) is 1. The molecule has 0 aliphatic carbocycles. The van der Waals surface area contributed by atoms with E-state index in [1.54, 1.807) is 0 Å². The minimum absolute atomic E-state index is 0.0838. The van der Waals surface area contributed by atoms with Crippen LogP contribution in [-0.4, -0.2) is 34.7 Å². The SMILES string of the molecule is CNCc1c(F)ccc(S(=O)(=O)NCC2CCCO2)c1F. The lowest BCUT2D eigenvalue weighted by Crippen LogP contribution is -2.32. The fraction of sp³-hybridized carbons (Fsp3) is 0.538. The molecular weight excluding hydrogens is 302 g/mol. The summed E-state index contributed by atoms with van der Waals surface area (Å²) >= 11 is 0. The third-order valence-electron chi connectivity index (χ3n) is 3.32. The van der Waals surface area contributed by atoms with Gasteiger partial charge in [0.2, 0.25) is 10.0 Å². The van der Waals surface area contributed by atoms with Crippen molar-refractivity contribution in [2.24, 2.45) is 0 Å². The van der Waals surface area contributed by atoms with E-state index in [0.717, 1.165) is 25.0 Å². The minimum atomic E-state index is -4.04. The first-order valence-corrected chi connectivity index (χ1v) is 8.16. The highest BCUT2D eigenvalue weighted by atomic mass is 32.2. The Kier molecular flexibility index (Phi) is 5.26. The maximum atomic E-state index is 14.2. The molecule has 21 heavy (non-hydrogen) atoms. The molecular formula is C13H18F2N2O3S. The van der Waals surface area contributed by atoms with Crippen LogP contribution in [-0.2, 0) is 21.3 Å². The molecule has 1 aromatic rings. The molecule has 5 nitrogen and oxygen atoms in total. The molecule has 1 unspecified atom stereocenters. The van der Waals surface area contributed by atoms with E-state index in [1.807, 2.05) is 0 Å². The number of nitrogens with one attached hydrogen (secondary N) is 2. The summed E-state index contributed by atoms with van der Waals surface area (Å²) in [4.78, 5) is -0.549. The Labute approximate surface area is 122 Å². The van der Waals surface area contributed by atoms with Crippen LogP contribution >= 0.6 is 0 Å². The molecule has 1 fully saturated rings. The third kappa shape index (κ3) is 3.76. The van der Waals surface area contributed by atoms with Gasteiger partial charge in [0.1, 0.15) is 10.7 Å². The van der Waals surface area contributed by atoms with Gasteiger partial charge in [0, 0.05) is 25.3 Å². The van der Waals surface area contributed by atoms with E-state index in [2.05, 4.69) is 10.0 Å². The number of sulfonamides is 1. The van der Waals surface area contributed by atoms with Crippen LogP contribution in [0.2, 0.25) is 0 Å². The van der Waals surface area contributed by atoms with Crippen LogP contribution in [0.25, 0.3) is 0 Å². The Morgan fingerprint density at radius 2 is 2.14 bits per heavy atom. The van der Waals surface area contributed by atoms with Crippen molar-refractivity contribution in [1.29, 1.82) is 0 Å². The first-order chi connectivity index (χ1) is 9.95. The topological polar surface area (TPSA) is 67.4 Å². The van der Waals surface area contributed by atoms with E-state index in [4.69, 9.17) is 4.74 Å². The van der Waals surface area contributed by atoms with Gasteiger partial charge in [-0.3, -0.25) is 0 Å². The standard InChI is InChI=1S/C13H18F2N2O3S/c1-16-8-10-11(14)4-5-12(13(10)15)21(18,19)17-7-9-3-2-6-20-9/h4-5,9,16-17H,2-3,6-8H2,1H3. The van der Waals surface area contributed by atoms with Crippen LogP contribution in [0, 0.1) is 11.6 Å². The largest absolute Gasteiger partial charge is 0.377 e. The molecule has 1 saturated heterocycles. The van der Waals surface area contributed by atoms with E-state index in [1.165, 1.54) is 7.05 Å². The Morgan fingerprint density at radius 1 is 1.38 bits per heavy atom. The predicted molar refractivity (Wildman–Crippen MR) is 73.3 cm³/mol. The molecule has 1 aromatic carbocycles. The van der Waals surface area contributed by atoms with Crippen molar-refractivity contribution in [3.05, 3.63) is 29.3 Å². The molecule has 0 spiro atoms.